The molecule has 33 heavy (non-hydrogen) atoms. The van der Waals surface area contributed by atoms with Gasteiger partial charge in [0, 0.05) is 43.5 Å². The number of fused-ring (bicyclic) bond motifs is 2. The van der Waals surface area contributed by atoms with Crippen LogP contribution in [0.2, 0.25) is 0 Å². The van der Waals surface area contributed by atoms with Gasteiger partial charge in [0.1, 0.15) is 17.2 Å². The molecule has 1 saturated heterocycles. The predicted molar refractivity (Wildman–Crippen MR) is 113 cm³/mol. The van der Waals surface area contributed by atoms with E-state index in [1.807, 2.05) is 0 Å². The Morgan fingerprint density at radius 1 is 1.12 bits per heavy atom. The minimum atomic E-state index is -3.89. The highest BCUT2D eigenvalue weighted by atomic mass is 32.2. The van der Waals surface area contributed by atoms with E-state index in [9.17, 15) is 22.0 Å². The average Bonchev–Trinajstić information content (AvgIpc) is 3.23. The van der Waals surface area contributed by atoms with E-state index in [0.29, 0.717) is 38.8 Å². The third kappa shape index (κ3) is 3.72. The second-order valence-corrected chi connectivity index (χ2v) is 9.45. The molecule has 4 aromatic heterocycles. The first kappa shape index (κ1) is 21.4. The smallest absolute Gasteiger partial charge is 0.272 e. The Morgan fingerprint density at radius 2 is 1.94 bits per heavy atom. The Balaban J connectivity index is 1.69. The van der Waals surface area contributed by atoms with E-state index in [4.69, 9.17) is 4.74 Å². The Morgan fingerprint density at radius 3 is 2.73 bits per heavy atom. The number of halogens is 2. The SMILES string of the molecule is CS(=O)(=O)n1nc(-c2cnc3c(F)cc(F)cn23)c2cnc(C(=O)N3CCCOCC3)cc21. The summed E-state index contributed by atoms with van der Waals surface area (Å²) in [6.07, 6.45) is 5.27. The Hall–Kier alpha value is -3.45. The van der Waals surface area contributed by atoms with E-state index in [2.05, 4.69) is 15.1 Å². The van der Waals surface area contributed by atoms with Crippen LogP contribution in [0.3, 0.4) is 0 Å². The molecule has 1 fully saturated rings. The first-order valence-electron chi connectivity index (χ1n) is 10.0. The van der Waals surface area contributed by atoms with Gasteiger partial charge in [-0.3, -0.25) is 14.2 Å². The summed E-state index contributed by atoms with van der Waals surface area (Å²) in [4.78, 5) is 22.8. The summed E-state index contributed by atoms with van der Waals surface area (Å²) in [6.45, 7) is 1.85. The van der Waals surface area contributed by atoms with Gasteiger partial charge in [0.25, 0.3) is 15.9 Å². The van der Waals surface area contributed by atoms with Crippen LogP contribution >= 0.6 is 0 Å². The fraction of sp³-hybridized carbons (Fsp3) is 0.300. The van der Waals surface area contributed by atoms with Gasteiger partial charge in [0.15, 0.2) is 11.5 Å². The van der Waals surface area contributed by atoms with Gasteiger partial charge in [0.2, 0.25) is 0 Å². The maximum Gasteiger partial charge on any atom is 0.272 e. The zero-order valence-electron chi connectivity index (χ0n) is 17.4. The second kappa shape index (κ2) is 7.85. The minimum Gasteiger partial charge on any atom is -0.380 e. The number of hydrogen-bond acceptors (Lipinski definition) is 7. The summed E-state index contributed by atoms with van der Waals surface area (Å²) in [6, 6.07) is 2.05. The van der Waals surface area contributed by atoms with E-state index in [0.717, 1.165) is 20.9 Å². The van der Waals surface area contributed by atoms with Crippen LogP contribution in [0.1, 0.15) is 16.9 Å². The third-order valence-electron chi connectivity index (χ3n) is 5.35. The molecule has 5 rings (SSSR count). The highest BCUT2D eigenvalue weighted by molar-refractivity contribution is 7.89. The molecule has 1 amide bonds. The van der Waals surface area contributed by atoms with Crippen molar-refractivity contribution in [2.45, 2.75) is 6.42 Å². The van der Waals surface area contributed by atoms with Crippen molar-refractivity contribution in [1.29, 1.82) is 0 Å². The third-order valence-corrected chi connectivity index (χ3v) is 6.25. The van der Waals surface area contributed by atoms with Crippen LogP contribution in [0.25, 0.3) is 27.9 Å². The molecule has 172 valence electrons. The van der Waals surface area contributed by atoms with Gasteiger partial charge in [0.05, 0.1) is 30.3 Å². The largest absolute Gasteiger partial charge is 0.380 e. The number of amides is 1. The van der Waals surface area contributed by atoms with E-state index < -0.39 is 21.7 Å². The Bertz CT molecular complexity index is 1510. The molecular weight excluding hydrogens is 458 g/mol. The number of imidazole rings is 1. The van der Waals surface area contributed by atoms with Crippen molar-refractivity contribution in [2.75, 3.05) is 32.6 Å². The normalized spacial score (nSPS) is 15.3. The molecule has 10 nitrogen and oxygen atoms in total. The van der Waals surface area contributed by atoms with Crippen LogP contribution < -0.4 is 0 Å². The number of nitrogens with zero attached hydrogens (tertiary/aromatic N) is 6. The molecule has 1 aliphatic rings. The van der Waals surface area contributed by atoms with Gasteiger partial charge in [-0.1, -0.05) is 0 Å². The van der Waals surface area contributed by atoms with Crippen LogP contribution in [0.4, 0.5) is 8.78 Å². The van der Waals surface area contributed by atoms with Crippen molar-refractivity contribution in [3.63, 3.8) is 0 Å². The van der Waals surface area contributed by atoms with Crippen LogP contribution in [-0.2, 0) is 14.8 Å². The maximum absolute atomic E-state index is 14.1. The van der Waals surface area contributed by atoms with Crippen molar-refractivity contribution in [3.8, 4) is 11.4 Å². The fourth-order valence-corrected chi connectivity index (χ4v) is 4.58. The Labute approximate surface area is 186 Å². The number of carbonyl (C=O) groups excluding carboxylic acids is 1. The fourth-order valence-electron chi connectivity index (χ4n) is 3.84. The summed E-state index contributed by atoms with van der Waals surface area (Å²) in [5.41, 5.74) is 0.292. The molecule has 5 heterocycles. The van der Waals surface area contributed by atoms with Crippen LogP contribution in [0.15, 0.2) is 30.7 Å². The lowest BCUT2D eigenvalue weighted by molar-refractivity contribution is 0.0735. The van der Waals surface area contributed by atoms with Crippen molar-refractivity contribution < 1.29 is 26.7 Å². The van der Waals surface area contributed by atoms with Crippen LogP contribution in [0, 0.1) is 11.6 Å². The van der Waals surface area contributed by atoms with Crippen molar-refractivity contribution in [1.82, 2.24) is 28.5 Å². The molecule has 0 spiro atoms. The number of hydrogen-bond donors (Lipinski definition) is 0. The number of carbonyl (C=O) groups is 1. The first-order chi connectivity index (χ1) is 15.7. The average molecular weight is 476 g/mol. The highest BCUT2D eigenvalue weighted by Crippen LogP contribution is 2.30. The predicted octanol–water partition coefficient (Wildman–Crippen LogP) is 1.69. The van der Waals surface area contributed by atoms with E-state index in [1.165, 1.54) is 18.5 Å². The molecule has 0 aromatic carbocycles. The van der Waals surface area contributed by atoms with Crippen molar-refractivity contribution >= 4 is 32.5 Å². The van der Waals surface area contributed by atoms with Crippen molar-refractivity contribution in [2.24, 2.45) is 0 Å². The summed E-state index contributed by atoms with van der Waals surface area (Å²) in [5, 5.41) is 4.46. The van der Waals surface area contributed by atoms with Gasteiger partial charge in [-0.25, -0.2) is 22.2 Å². The molecular formula is C20H18F2N6O4S. The van der Waals surface area contributed by atoms with E-state index >= 15 is 0 Å². The number of aromatic nitrogens is 5. The van der Waals surface area contributed by atoms with Crippen molar-refractivity contribution in [3.05, 3.63) is 48.1 Å². The van der Waals surface area contributed by atoms with Gasteiger partial charge in [-0.15, -0.1) is 0 Å². The number of pyridine rings is 2. The number of rotatable bonds is 3. The monoisotopic (exact) mass is 476 g/mol. The number of ether oxygens (including phenoxy) is 1. The molecule has 0 saturated carbocycles. The zero-order valence-corrected chi connectivity index (χ0v) is 18.2. The lowest BCUT2D eigenvalue weighted by Crippen LogP contribution is -2.33. The van der Waals surface area contributed by atoms with Crippen LogP contribution in [-0.4, -0.2) is 75.3 Å². The quantitative estimate of drug-likeness (QED) is 0.442. The minimum absolute atomic E-state index is 0.0518. The standard InChI is InChI=1S/C20H18F2N6O4S/c1-33(30,31)28-16-8-15(20(29)26-3-2-5-32-6-4-26)23-9-13(16)18(25-28)17-10-24-19-14(22)7-12(21)11-27(17)19/h7-11H,2-6H2,1H3. The molecule has 0 atom stereocenters. The zero-order chi connectivity index (χ0) is 23.3. The molecule has 0 bridgehead atoms. The highest BCUT2D eigenvalue weighted by Gasteiger charge is 2.25. The van der Waals surface area contributed by atoms with E-state index in [1.54, 1.807) is 4.90 Å². The molecule has 0 aliphatic carbocycles. The molecule has 4 aromatic rings. The maximum atomic E-state index is 14.1. The summed E-state index contributed by atoms with van der Waals surface area (Å²) < 4.78 is 60.2. The molecule has 0 N–H and O–H groups in total. The second-order valence-electron chi connectivity index (χ2n) is 7.64. The van der Waals surface area contributed by atoms with Gasteiger partial charge >= 0.3 is 0 Å². The van der Waals surface area contributed by atoms with Gasteiger partial charge in [-0.05, 0) is 12.5 Å². The topological polar surface area (TPSA) is 112 Å². The lowest BCUT2D eigenvalue weighted by atomic mass is 10.2. The molecule has 0 unspecified atom stereocenters. The summed E-state index contributed by atoms with van der Waals surface area (Å²) in [7, 11) is -3.89. The lowest BCUT2D eigenvalue weighted by Gasteiger charge is -2.19. The van der Waals surface area contributed by atoms with Gasteiger partial charge < -0.3 is 9.64 Å². The van der Waals surface area contributed by atoms with Gasteiger partial charge in [-0.2, -0.15) is 9.19 Å². The molecule has 1 aliphatic heterocycles. The van der Waals surface area contributed by atoms with Crippen LogP contribution in [0.5, 0.6) is 0 Å². The molecule has 13 heteroatoms. The Kier molecular flexibility index (Phi) is 5.09. The first-order valence-corrected chi connectivity index (χ1v) is 11.9. The summed E-state index contributed by atoms with van der Waals surface area (Å²) in [5.74, 6) is -2.07. The summed E-state index contributed by atoms with van der Waals surface area (Å²) >= 11 is 0. The van der Waals surface area contributed by atoms with E-state index in [-0.39, 0.29) is 39.5 Å². The molecule has 0 radical (unpaired) electrons.